The Bertz CT molecular complexity index is 446. The summed E-state index contributed by atoms with van der Waals surface area (Å²) in [5, 5.41) is 10.9. The molecule has 20 heavy (non-hydrogen) atoms. The van der Waals surface area contributed by atoms with Crippen LogP contribution in [-0.2, 0) is 4.74 Å². The first-order valence-corrected chi connectivity index (χ1v) is 7.63. The molecule has 0 bridgehead atoms. The molecule has 0 saturated heterocycles. The number of nitrogens with zero attached hydrogens (tertiary/aromatic N) is 1. The zero-order valence-corrected chi connectivity index (χ0v) is 13.1. The molecule has 0 radical (unpaired) electrons. The highest BCUT2D eigenvalue weighted by Gasteiger charge is 2.45. The van der Waals surface area contributed by atoms with E-state index in [-0.39, 0.29) is 0 Å². The van der Waals surface area contributed by atoms with Crippen molar-refractivity contribution in [2.75, 3.05) is 6.61 Å². The van der Waals surface area contributed by atoms with Crippen LogP contribution in [-0.4, -0.2) is 22.3 Å². The summed E-state index contributed by atoms with van der Waals surface area (Å²) in [5.74, 6) is 0. The first kappa shape index (κ1) is 15.5. The lowest BCUT2D eigenvalue weighted by molar-refractivity contribution is -0.154. The monoisotopic (exact) mass is 277 g/mol. The van der Waals surface area contributed by atoms with Crippen LogP contribution in [0.2, 0.25) is 0 Å². The average Bonchev–Trinajstić information content (AvgIpc) is 2.42. The van der Waals surface area contributed by atoms with E-state index in [1.165, 1.54) is 0 Å². The summed E-state index contributed by atoms with van der Waals surface area (Å²) in [6, 6.07) is 1.95. The fourth-order valence-electron chi connectivity index (χ4n) is 3.18. The van der Waals surface area contributed by atoms with E-state index in [0.29, 0.717) is 12.0 Å². The molecule has 1 fully saturated rings. The highest BCUT2D eigenvalue weighted by atomic mass is 16.5. The molecule has 0 aliphatic heterocycles. The molecule has 1 aromatic heterocycles. The standard InChI is InChI=1S/C17H27NO2/c1-5-20-17(9-7-16(3,4)8-10-17)15(19)14-12-18-11-6-13(14)2/h6,11-12,15,19H,5,7-10H2,1-4H3. The predicted octanol–water partition coefficient (Wildman–Crippen LogP) is 3.80. The molecule has 0 amide bonds. The molecule has 1 N–H and O–H groups in total. The maximum Gasteiger partial charge on any atom is 0.110 e. The van der Waals surface area contributed by atoms with Crippen LogP contribution in [0.5, 0.6) is 0 Å². The summed E-state index contributed by atoms with van der Waals surface area (Å²) in [7, 11) is 0. The van der Waals surface area contributed by atoms with Gasteiger partial charge in [-0.2, -0.15) is 0 Å². The van der Waals surface area contributed by atoms with Gasteiger partial charge in [-0.05, 0) is 56.6 Å². The first-order valence-electron chi connectivity index (χ1n) is 7.63. The highest BCUT2D eigenvalue weighted by molar-refractivity contribution is 5.26. The number of rotatable bonds is 4. The number of hydrogen-bond acceptors (Lipinski definition) is 3. The second-order valence-corrected chi connectivity index (χ2v) is 6.80. The molecule has 1 aliphatic carbocycles. The molecule has 1 saturated carbocycles. The molecule has 3 heteroatoms. The Labute approximate surface area is 122 Å². The third-order valence-corrected chi connectivity index (χ3v) is 4.75. The molecule has 1 atom stereocenters. The van der Waals surface area contributed by atoms with Crippen LogP contribution in [0.1, 0.15) is 63.7 Å². The summed E-state index contributed by atoms with van der Waals surface area (Å²) in [6.07, 6.45) is 6.94. The van der Waals surface area contributed by atoms with Crippen LogP contribution in [0.4, 0.5) is 0 Å². The second kappa shape index (κ2) is 5.82. The van der Waals surface area contributed by atoms with E-state index >= 15 is 0 Å². The Hall–Kier alpha value is -0.930. The van der Waals surface area contributed by atoms with Gasteiger partial charge in [-0.1, -0.05) is 13.8 Å². The number of aryl methyl sites for hydroxylation is 1. The van der Waals surface area contributed by atoms with Crippen LogP contribution in [0.3, 0.4) is 0 Å². The SMILES string of the molecule is CCOC1(C(O)c2cnccc2C)CCC(C)(C)CC1. The summed E-state index contributed by atoms with van der Waals surface area (Å²) in [5.41, 5.74) is 1.89. The maximum absolute atomic E-state index is 10.9. The third-order valence-electron chi connectivity index (χ3n) is 4.75. The van der Waals surface area contributed by atoms with E-state index in [2.05, 4.69) is 18.8 Å². The van der Waals surface area contributed by atoms with Crippen LogP contribution < -0.4 is 0 Å². The lowest BCUT2D eigenvalue weighted by Gasteiger charge is -2.46. The van der Waals surface area contributed by atoms with Gasteiger partial charge in [0.25, 0.3) is 0 Å². The van der Waals surface area contributed by atoms with Crippen molar-refractivity contribution >= 4 is 0 Å². The second-order valence-electron chi connectivity index (χ2n) is 6.80. The van der Waals surface area contributed by atoms with Crippen LogP contribution in [0.25, 0.3) is 0 Å². The van der Waals surface area contributed by atoms with E-state index < -0.39 is 11.7 Å². The van der Waals surface area contributed by atoms with Crippen LogP contribution in [0, 0.1) is 12.3 Å². The van der Waals surface area contributed by atoms with Gasteiger partial charge in [-0.3, -0.25) is 4.98 Å². The van der Waals surface area contributed by atoms with Crippen LogP contribution >= 0.6 is 0 Å². The Morgan fingerprint density at radius 2 is 1.95 bits per heavy atom. The highest BCUT2D eigenvalue weighted by Crippen LogP contribution is 2.47. The summed E-state index contributed by atoms with van der Waals surface area (Å²) < 4.78 is 6.06. The van der Waals surface area contributed by atoms with Crippen molar-refractivity contribution in [3.8, 4) is 0 Å². The van der Waals surface area contributed by atoms with Gasteiger partial charge < -0.3 is 9.84 Å². The lowest BCUT2D eigenvalue weighted by atomic mass is 9.68. The number of ether oxygens (including phenoxy) is 1. The van der Waals surface area contributed by atoms with E-state index in [4.69, 9.17) is 4.74 Å². The predicted molar refractivity (Wildman–Crippen MR) is 80.5 cm³/mol. The molecule has 0 spiro atoms. The number of hydrogen-bond donors (Lipinski definition) is 1. The van der Waals surface area contributed by atoms with Crippen molar-refractivity contribution in [2.45, 2.75) is 65.1 Å². The van der Waals surface area contributed by atoms with Crippen molar-refractivity contribution in [3.05, 3.63) is 29.6 Å². The van der Waals surface area contributed by atoms with Gasteiger partial charge in [0.1, 0.15) is 6.10 Å². The van der Waals surface area contributed by atoms with Gasteiger partial charge in [-0.15, -0.1) is 0 Å². The minimum absolute atomic E-state index is 0.351. The van der Waals surface area contributed by atoms with E-state index in [0.717, 1.165) is 36.8 Å². The molecule has 1 aromatic rings. The Kier molecular flexibility index (Phi) is 4.50. The minimum atomic E-state index is -0.591. The van der Waals surface area contributed by atoms with Gasteiger partial charge in [0.05, 0.1) is 5.60 Å². The Balaban J connectivity index is 2.27. The van der Waals surface area contributed by atoms with E-state index in [1.54, 1.807) is 12.4 Å². The minimum Gasteiger partial charge on any atom is -0.385 e. The van der Waals surface area contributed by atoms with Gasteiger partial charge in [0.15, 0.2) is 0 Å². The molecule has 1 aliphatic rings. The molecular weight excluding hydrogens is 250 g/mol. The van der Waals surface area contributed by atoms with Crippen molar-refractivity contribution in [1.82, 2.24) is 4.98 Å². The zero-order valence-electron chi connectivity index (χ0n) is 13.1. The van der Waals surface area contributed by atoms with Crippen molar-refractivity contribution in [3.63, 3.8) is 0 Å². The normalized spacial score (nSPS) is 22.4. The fourth-order valence-corrected chi connectivity index (χ4v) is 3.18. The molecular formula is C17H27NO2. The molecule has 112 valence electrons. The van der Waals surface area contributed by atoms with Crippen molar-refractivity contribution < 1.29 is 9.84 Å². The molecule has 2 rings (SSSR count). The summed E-state index contributed by atoms with van der Waals surface area (Å²) in [4.78, 5) is 4.17. The number of pyridine rings is 1. The largest absolute Gasteiger partial charge is 0.385 e. The van der Waals surface area contributed by atoms with E-state index in [1.807, 2.05) is 19.9 Å². The van der Waals surface area contributed by atoms with Crippen LogP contribution in [0.15, 0.2) is 18.5 Å². The molecule has 1 heterocycles. The maximum atomic E-state index is 10.9. The van der Waals surface area contributed by atoms with E-state index in [9.17, 15) is 5.11 Å². The summed E-state index contributed by atoms with van der Waals surface area (Å²) in [6.45, 7) is 9.25. The zero-order chi connectivity index (χ0) is 14.8. The molecule has 3 nitrogen and oxygen atoms in total. The number of aromatic nitrogens is 1. The number of aliphatic hydroxyl groups is 1. The van der Waals surface area contributed by atoms with Gasteiger partial charge >= 0.3 is 0 Å². The Morgan fingerprint density at radius 3 is 2.50 bits per heavy atom. The summed E-state index contributed by atoms with van der Waals surface area (Å²) >= 11 is 0. The lowest BCUT2D eigenvalue weighted by Crippen LogP contribution is -2.45. The van der Waals surface area contributed by atoms with Crippen molar-refractivity contribution in [2.24, 2.45) is 5.41 Å². The quantitative estimate of drug-likeness (QED) is 0.910. The van der Waals surface area contributed by atoms with Crippen molar-refractivity contribution in [1.29, 1.82) is 0 Å². The van der Waals surface area contributed by atoms with Gasteiger partial charge in [0.2, 0.25) is 0 Å². The first-order chi connectivity index (χ1) is 9.40. The number of aliphatic hydroxyl groups excluding tert-OH is 1. The molecule has 1 unspecified atom stereocenters. The van der Waals surface area contributed by atoms with Gasteiger partial charge in [-0.25, -0.2) is 0 Å². The topological polar surface area (TPSA) is 42.4 Å². The van der Waals surface area contributed by atoms with Gasteiger partial charge in [0, 0.05) is 24.6 Å². The smallest absolute Gasteiger partial charge is 0.110 e. The third kappa shape index (κ3) is 3.04. The molecule has 0 aromatic carbocycles. The fraction of sp³-hybridized carbons (Fsp3) is 0.706. The average molecular weight is 277 g/mol. The Morgan fingerprint density at radius 1 is 1.30 bits per heavy atom.